The van der Waals surface area contributed by atoms with Crippen LogP contribution in [0.5, 0.6) is 5.75 Å². The van der Waals surface area contributed by atoms with Crippen LogP contribution in [-0.2, 0) is 10.1 Å². The zero-order chi connectivity index (χ0) is 16.4. The van der Waals surface area contributed by atoms with E-state index in [9.17, 15) is 17.2 Å². The summed E-state index contributed by atoms with van der Waals surface area (Å²) < 4.78 is 57.6. The third-order valence-corrected chi connectivity index (χ3v) is 4.28. The van der Waals surface area contributed by atoms with Gasteiger partial charge in [0.1, 0.15) is 17.4 Å². The predicted molar refractivity (Wildman–Crippen MR) is 77.7 cm³/mol. The van der Waals surface area contributed by atoms with Crippen molar-refractivity contribution in [3.05, 3.63) is 72.6 Å². The van der Waals surface area contributed by atoms with Gasteiger partial charge in [-0.3, -0.25) is 0 Å². The fourth-order valence-electron chi connectivity index (χ4n) is 1.97. The van der Waals surface area contributed by atoms with Gasteiger partial charge in [0.2, 0.25) is 0 Å². The first-order valence-electron chi connectivity index (χ1n) is 6.46. The minimum Gasteiger partial charge on any atom is -0.379 e. The van der Waals surface area contributed by atoms with E-state index in [2.05, 4.69) is 5.10 Å². The SMILES string of the molecule is O=S(=O)(Oc1ccc(-n2cccn2)cc1)c1c(F)cccc1F. The van der Waals surface area contributed by atoms with Crippen molar-refractivity contribution >= 4 is 10.1 Å². The van der Waals surface area contributed by atoms with Gasteiger partial charge in [0.05, 0.1) is 5.69 Å². The number of hydrogen-bond acceptors (Lipinski definition) is 4. The molecule has 0 aliphatic rings. The van der Waals surface area contributed by atoms with Gasteiger partial charge >= 0.3 is 10.1 Å². The van der Waals surface area contributed by atoms with Crippen LogP contribution in [-0.4, -0.2) is 18.2 Å². The van der Waals surface area contributed by atoms with Gasteiger partial charge in [-0.05, 0) is 42.5 Å². The molecule has 2 aromatic carbocycles. The van der Waals surface area contributed by atoms with Crippen LogP contribution in [0, 0.1) is 11.6 Å². The summed E-state index contributed by atoms with van der Waals surface area (Å²) in [6.45, 7) is 0. The molecule has 0 unspecified atom stereocenters. The maximum Gasteiger partial charge on any atom is 0.345 e. The number of halogens is 2. The smallest absolute Gasteiger partial charge is 0.345 e. The number of hydrogen-bond donors (Lipinski definition) is 0. The zero-order valence-electron chi connectivity index (χ0n) is 11.6. The summed E-state index contributed by atoms with van der Waals surface area (Å²) in [5.74, 6) is -2.49. The molecule has 0 bridgehead atoms. The second-order valence-corrected chi connectivity index (χ2v) is 6.02. The summed E-state index contributed by atoms with van der Waals surface area (Å²) in [4.78, 5) is -1.11. The van der Waals surface area contributed by atoms with Gasteiger partial charge in [-0.25, -0.2) is 13.5 Å². The van der Waals surface area contributed by atoms with E-state index in [-0.39, 0.29) is 5.75 Å². The highest BCUT2D eigenvalue weighted by Gasteiger charge is 2.26. The largest absolute Gasteiger partial charge is 0.379 e. The standard InChI is InChI=1S/C15H10F2N2O3S/c16-13-3-1-4-14(17)15(13)23(20,21)22-12-7-5-11(6-8-12)19-10-2-9-18-19/h1-10H. The van der Waals surface area contributed by atoms with Crippen LogP contribution in [0.3, 0.4) is 0 Å². The summed E-state index contributed by atoms with van der Waals surface area (Å²) in [5.41, 5.74) is 0.678. The number of nitrogens with zero attached hydrogens (tertiary/aromatic N) is 2. The van der Waals surface area contributed by atoms with Crippen molar-refractivity contribution in [2.75, 3.05) is 0 Å². The molecule has 3 rings (SSSR count). The van der Waals surface area contributed by atoms with Crippen molar-refractivity contribution in [1.82, 2.24) is 9.78 Å². The molecule has 8 heteroatoms. The van der Waals surface area contributed by atoms with E-state index in [0.29, 0.717) is 5.69 Å². The molecule has 0 saturated heterocycles. The Labute approximate surface area is 130 Å². The number of rotatable bonds is 4. The van der Waals surface area contributed by atoms with Crippen LogP contribution in [0.1, 0.15) is 0 Å². The lowest BCUT2D eigenvalue weighted by atomic mass is 10.3. The van der Waals surface area contributed by atoms with Gasteiger partial charge in [0.25, 0.3) is 0 Å². The molecule has 0 saturated carbocycles. The van der Waals surface area contributed by atoms with Gasteiger partial charge in [0, 0.05) is 12.4 Å². The van der Waals surface area contributed by atoms with Gasteiger partial charge in [-0.1, -0.05) is 6.07 Å². The Bertz CT molecular complexity index is 904. The first-order chi connectivity index (χ1) is 11.0. The monoisotopic (exact) mass is 336 g/mol. The quantitative estimate of drug-likeness (QED) is 0.687. The zero-order valence-corrected chi connectivity index (χ0v) is 12.4. The lowest BCUT2D eigenvalue weighted by Gasteiger charge is -2.09. The summed E-state index contributed by atoms with van der Waals surface area (Å²) in [7, 11) is -4.61. The Morgan fingerprint density at radius 1 is 0.957 bits per heavy atom. The van der Waals surface area contributed by atoms with Crippen molar-refractivity contribution in [1.29, 1.82) is 0 Å². The molecular weight excluding hydrogens is 326 g/mol. The lowest BCUT2D eigenvalue weighted by Crippen LogP contribution is -2.13. The van der Waals surface area contributed by atoms with Crippen molar-refractivity contribution in [3.63, 3.8) is 0 Å². The van der Waals surface area contributed by atoms with Crippen LogP contribution in [0.15, 0.2) is 65.8 Å². The molecule has 1 aromatic heterocycles. The average molecular weight is 336 g/mol. The van der Waals surface area contributed by atoms with Crippen LogP contribution in [0.2, 0.25) is 0 Å². The first-order valence-corrected chi connectivity index (χ1v) is 7.87. The Hall–Kier alpha value is -2.74. The Kier molecular flexibility index (Phi) is 3.83. The molecule has 0 aliphatic heterocycles. The normalized spacial score (nSPS) is 11.4. The fraction of sp³-hybridized carbons (Fsp3) is 0. The van der Waals surface area contributed by atoms with E-state index in [1.165, 1.54) is 12.1 Å². The molecule has 0 N–H and O–H groups in total. The minimum atomic E-state index is -4.61. The van der Waals surface area contributed by atoms with Crippen LogP contribution in [0.4, 0.5) is 8.78 Å². The van der Waals surface area contributed by atoms with E-state index in [4.69, 9.17) is 4.18 Å². The maximum atomic E-state index is 13.6. The average Bonchev–Trinajstić information content (AvgIpc) is 3.01. The second kappa shape index (κ2) is 5.81. The third kappa shape index (κ3) is 3.07. The molecule has 0 atom stereocenters. The molecule has 0 spiro atoms. The summed E-state index contributed by atoms with van der Waals surface area (Å²) >= 11 is 0. The molecule has 0 amide bonds. The number of benzene rings is 2. The van der Waals surface area contributed by atoms with Crippen molar-refractivity contribution in [2.45, 2.75) is 4.90 Å². The second-order valence-electron chi connectivity index (χ2n) is 4.53. The van der Waals surface area contributed by atoms with Crippen molar-refractivity contribution in [2.24, 2.45) is 0 Å². The lowest BCUT2D eigenvalue weighted by molar-refractivity contribution is 0.460. The molecule has 118 valence electrons. The molecule has 3 aromatic rings. The highest BCUT2D eigenvalue weighted by Crippen LogP contribution is 2.24. The number of aromatic nitrogens is 2. The minimum absolute atomic E-state index is 0.0661. The Balaban J connectivity index is 1.89. The Morgan fingerprint density at radius 2 is 1.61 bits per heavy atom. The molecule has 23 heavy (non-hydrogen) atoms. The predicted octanol–water partition coefficient (Wildman–Crippen LogP) is 2.92. The van der Waals surface area contributed by atoms with Gasteiger partial charge in [-0.2, -0.15) is 13.5 Å². The highest BCUT2D eigenvalue weighted by molar-refractivity contribution is 7.87. The van der Waals surface area contributed by atoms with Crippen LogP contribution < -0.4 is 4.18 Å². The van der Waals surface area contributed by atoms with E-state index >= 15 is 0 Å². The highest BCUT2D eigenvalue weighted by atomic mass is 32.2. The summed E-state index contributed by atoms with van der Waals surface area (Å²) in [6.07, 6.45) is 3.30. The molecule has 0 fully saturated rings. The Morgan fingerprint density at radius 3 is 2.17 bits per heavy atom. The van der Waals surface area contributed by atoms with E-state index in [1.54, 1.807) is 35.3 Å². The van der Waals surface area contributed by atoms with E-state index in [0.717, 1.165) is 18.2 Å². The van der Waals surface area contributed by atoms with Gasteiger partial charge in [0.15, 0.2) is 4.90 Å². The van der Waals surface area contributed by atoms with Crippen molar-refractivity contribution < 1.29 is 21.4 Å². The molecule has 0 aliphatic carbocycles. The third-order valence-electron chi connectivity index (χ3n) is 2.98. The summed E-state index contributed by atoms with van der Waals surface area (Å²) in [5, 5.41) is 4.02. The fourth-order valence-corrected chi connectivity index (χ4v) is 3.03. The maximum absolute atomic E-state index is 13.6. The molecular formula is C15H10F2N2O3S. The van der Waals surface area contributed by atoms with Gasteiger partial charge < -0.3 is 4.18 Å². The van der Waals surface area contributed by atoms with Crippen LogP contribution in [0.25, 0.3) is 5.69 Å². The van der Waals surface area contributed by atoms with Crippen LogP contribution >= 0.6 is 0 Å². The summed E-state index contributed by atoms with van der Waals surface area (Å²) in [6, 6.07) is 10.4. The van der Waals surface area contributed by atoms with E-state index in [1.807, 2.05) is 0 Å². The van der Waals surface area contributed by atoms with E-state index < -0.39 is 26.6 Å². The molecule has 1 heterocycles. The van der Waals surface area contributed by atoms with Crippen molar-refractivity contribution in [3.8, 4) is 11.4 Å². The van der Waals surface area contributed by atoms with Gasteiger partial charge in [-0.15, -0.1) is 0 Å². The molecule has 0 radical (unpaired) electrons. The molecule has 5 nitrogen and oxygen atoms in total. The topological polar surface area (TPSA) is 61.2 Å². The first kappa shape index (κ1) is 15.2.